The molecule has 0 spiro atoms. The molecular formula is C30H34N2O4. The van der Waals surface area contributed by atoms with Crippen LogP contribution in [0.2, 0.25) is 0 Å². The zero-order valence-corrected chi connectivity index (χ0v) is 21.2. The highest BCUT2D eigenvalue weighted by atomic mass is 16.6. The molecule has 4 rings (SSSR count). The minimum absolute atomic E-state index is 0.0355. The second-order valence-corrected chi connectivity index (χ2v) is 9.23. The summed E-state index contributed by atoms with van der Waals surface area (Å²) < 4.78 is 3.97. The van der Waals surface area contributed by atoms with Crippen molar-refractivity contribution in [2.45, 2.75) is 45.6 Å². The summed E-state index contributed by atoms with van der Waals surface area (Å²) in [5.41, 5.74) is 5.04. The monoisotopic (exact) mass is 486 g/mol. The molecule has 3 aromatic rings. The number of anilines is 1. The van der Waals surface area contributed by atoms with Gasteiger partial charge >= 0.3 is 11.9 Å². The van der Waals surface area contributed by atoms with Crippen molar-refractivity contribution in [3.63, 3.8) is 0 Å². The van der Waals surface area contributed by atoms with Crippen LogP contribution in [0, 0.1) is 0 Å². The van der Waals surface area contributed by atoms with Crippen LogP contribution in [-0.2, 0) is 37.5 Å². The van der Waals surface area contributed by atoms with Crippen LogP contribution < -0.4 is 5.32 Å². The summed E-state index contributed by atoms with van der Waals surface area (Å²) in [4.78, 5) is 33.5. The van der Waals surface area contributed by atoms with Crippen LogP contribution in [0.4, 0.5) is 5.69 Å². The lowest BCUT2D eigenvalue weighted by Gasteiger charge is -2.31. The van der Waals surface area contributed by atoms with Gasteiger partial charge in [-0.3, -0.25) is 19.3 Å². The molecule has 6 nitrogen and oxygen atoms in total. The third kappa shape index (κ3) is 8.17. The zero-order chi connectivity index (χ0) is 26.0. The molecule has 0 radical (unpaired) electrons. The molecule has 188 valence electrons. The van der Waals surface area contributed by atoms with Crippen LogP contribution >= 0.6 is 0 Å². The SMILES string of the molecule is CC(=O)Nc1ccc(C2(Cc3ccccc3)CCN(Cc3ccccc3)C2)cc1.CC(=O)OC(C)=O. The van der Waals surface area contributed by atoms with Crippen molar-refractivity contribution in [2.75, 3.05) is 18.4 Å². The standard InChI is InChI=1S/C26H28N2O.C4H6O3/c1-21(29)27-25-14-12-24(13-15-25)26(18-22-8-4-2-5-9-22)16-17-28(20-26)19-23-10-6-3-7-11-23;1-3(5)7-4(2)6/h2-15H,16-20H2,1H3,(H,27,29);1-2H3. The molecule has 0 aliphatic carbocycles. The minimum Gasteiger partial charge on any atom is -0.394 e. The van der Waals surface area contributed by atoms with Crippen LogP contribution in [0.3, 0.4) is 0 Å². The van der Waals surface area contributed by atoms with E-state index in [1.54, 1.807) is 6.92 Å². The maximum atomic E-state index is 11.4. The molecule has 1 aliphatic heterocycles. The van der Waals surface area contributed by atoms with Gasteiger partial charge in [0.1, 0.15) is 0 Å². The second kappa shape index (κ2) is 12.8. The Morgan fingerprint density at radius 2 is 1.36 bits per heavy atom. The van der Waals surface area contributed by atoms with Gasteiger partial charge in [0.15, 0.2) is 0 Å². The summed E-state index contributed by atoms with van der Waals surface area (Å²) in [6.45, 7) is 7.03. The Hall–Kier alpha value is -3.77. The molecule has 1 amide bonds. The Morgan fingerprint density at radius 3 is 1.86 bits per heavy atom. The van der Waals surface area contributed by atoms with E-state index in [4.69, 9.17) is 0 Å². The summed E-state index contributed by atoms with van der Waals surface area (Å²) >= 11 is 0. The van der Waals surface area contributed by atoms with E-state index in [9.17, 15) is 14.4 Å². The Kier molecular flexibility index (Phi) is 9.53. The van der Waals surface area contributed by atoms with Crippen molar-refractivity contribution in [1.29, 1.82) is 0 Å². The van der Waals surface area contributed by atoms with Gasteiger partial charge in [0, 0.05) is 45.0 Å². The predicted molar refractivity (Wildman–Crippen MR) is 141 cm³/mol. The summed E-state index contributed by atoms with van der Waals surface area (Å²) in [6.07, 6.45) is 2.16. The van der Waals surface area contributed by atoms with Gasteiger partial charge in [-0.2, -0.15) is 0 Å². The van der Waals surface area contributed by atoms with E-state index in [1.807, 2.05) is 12.1 Å². The van der Waals surface area contributed by atoms with Gasteiger partial charge < -0.3 is 10.1 Å². The fraction of sp³-hybridized carbons (Fsp3) is 0.300. The number of nitrogens with one attached hydrogen (secondary N) is 1. The van der Waals surface area contributed by atoms with Crippen LogP contribution in [0.5, 0.6) is 0 Å². The highest BCUT2D eigenvalue weighted by Crippen LogP contribution is 2.39. The van der Waals surface area contributed by atoms with Crippen LogP contribution in [0.1, 0.15) is 43.9 Å². The first-order valence-electron chi connectivity index (χ1n) is 12.1. The van der Waals surface area contributed by atoms with E-state index in [-0.39, 0.29) is 11.3 Å². The molecule has 3 aromatic carbocycles. The molecule has 1 atom stereocenters. The molecule has 1 fully saturated rings. The molecule has 6 heteroatoms. The molecule has 1 saturated heterocycles. The number of nitrogens with zero attached hydrogens (tertiary/aromatic N) is 1. The lowest BCUT2D eigenvalue weighted by Crippen LogP contribution is -2.33. The van der Waals surface area contributed by atoms with E-state index < -0.39 is 11.9 Å². The number of likely N-dealkylation sites (tertiary alicyclic amines) is 1. The number of rotatable bonds is 6. The van der Waals surface area contributed by atoms with Crippen molar-refractivity contribution < 1.29 is 19.1 Å². The first kappa shape index (κ1) is 26.8. The maximum absolute atomic E-state index is 11.4. The van der Waals surface area contributed by atoms with E-state index in [0.29, 0.717) is 0 Å². The van der Waals surface area contributed by atoms with Gasteiger partial charge in [-0.25, -0.2) is 0 Å². The van der Waals surface area contributed by atoms with Crippen LogP contribution in [0.15, 0.2) is 84.9 Å². The molecule has 1 unspecified atom stereocenters. The van der Waals surface area contributed by atoms with Crippen molar-refractivity contribution >= 4 is 23.5 Å². The molecule has 1 N–H and O–H groups in total. The topological polar surface area (TPSA) is 75.7 Å². The third-order valence-corrected chi connectivity index (χ3v) is 6.17. The van der Waals surface area contributed by atoms with Gasteiger partial charge in [-0.15, -0.1) is 0 Å². The van der Waals surface area contributed by atoms with E-state index in [2.05, 4.69) is 87.7 Å². The molecule has 0 bridgehead atoms. The largest absolute Gasteiger partial charge is 0.394 e. The lowest BCUT2D eigenvalue weighted by molar-refractivity contribution is -0.156. The van der Waals surface area contributed by atoms with Crippen LogP contribution in [-0.4, -0.2) is 35.8 Å². The summed E-state index contributed by atoms with van der Waals surface area (Å²) in [7, 11) is 0. The average molecular weight is 487 g/mol. The van der Waals surface area contributed by atoms with E-state index >= 15 is 0 Å². The fourth-order valence-corrected chi connectivity index (χ4v) is 4.72. The van der Waals surface area contributed by atoms with Crippen molar-refractivity contribution in [3.05, 3.63) is 102 Å². The Morgan fingerprint density at radius 1 is 0.806 bits per heavy atom. The Bertz CT molecular complexity index is 1130. The van der Waals surface area contributed by atoms with Gasteiger partial charge in [0.25, 0.3) is 0 Å². The molecule has 1 aliphatic rings. The fourth-order valence-electron chi connectivity index (χ4n) is 4.72. The number of hydrogen-bond acceptors (Lipinski definition) is 5. The molecule has 1 heterocycles. The first-order valence-corrected chi connectivity index (χ1v) is 12.1. The van der Waals surface area contributed by atoms with Gasteiger partial charge in [-0.1, -0.05) is 72.8 Å². The van der Waals surface area contributed by atoms with Crippen LogP contribution in [0.25, 0.3) is 0 Å². The van der Waals surface area contributed by atoms with E-state index in [1.165, 1.54) is 30.5 Å². The number of hydrogen-bond donors (Lipinski definition) is 1. The first-order chi connectivity index (χ1) is 17.3. The average Bonchev–Trinajstić information content (AvgIpc) is 3.23. The number of amides is 1. The number of esters is 2. The normalized spacial score (nSPS) is 17.0. The Labute approximate surface area is 213 Å². The summed E-state index contributed by atoms with van der Waals surface area (Å²) in [5, 5.41) is 2.88. The zero-order valence-electron chi connectivity index (χ0n) is 21.2. The molecule has 0 saturated carbocycles. The summed E-state index contributed by atoms with van der Waals surface area (Å²) in [5.74, 6) is -1.16. The minimum atomic E-state index is -0.562. The second-order valence-electron chi connectivity index (χ2n) is 9.23. The molecular weight excluding hydrogens is 452 g/mol. The number of ether oxygens (including phenoxy) is 1. The molecule has 0 aromatic heterocycles. The number of carbonyl (C=O) groups excluding carboxylic acids is 3. The van der Waals surface area contributed by atoms with E-state index in [0.717, 1.165) is 38.2 Å². The third-order valence-electron chi connectivity index (χ3n) is 6.17. The number of carbonyl (C=O) groups is 3. The van der Waals surface area contributed by atoms with Gasteiger partial charge in [0.05, 0.1) is 0 Å². The van der Waals surface area contributed by atoms with Gasteiger partial charge in [0.2, 0.25) is 5.91 Å². The Balaban J connectivity index is 0.000000454. The van der Waals surface area contributed by atoms with Gasteiger partial charge in [-0.05, 0) is 48.2 Å². The number of benzene rings is 3. The van der Waals surface area contributed by atoms with Crippen molar-refractivity contribution in [1.82, 2.24) is 4.90 Å². The lowest BCUT2D eigenvalue weighted by atomic mass is 9.75. The highest BCUT2D eigenvalue weighted by molar-refractivity contribution is 5.88. The smallest absolute Gasteiger partial charge is 0.310 e. The van der Waals surface area contributed by atoms with Crippen molar-refractivity contribution in [3.8, 4) is 0 Å². The maximum Gasteiger partial charge on any atom is 0.310 e. The predicted octanol–water partition coefficient (Wildman–Crippen LogP) is 5.13. The summed E-state index contributed by atoms with van der Waals surface area (Å²) in [6, 6.07) is 30.0. The highest BCUT2D eigenvalue weighted by Gasteiger charge is 2.39. The molecule has 36 heavy (non-hydrogen) atoms. The van der Waals surface area contributed by atoms with Crippen molar-refractivity contribution in [2.24, 2.45) is 0 Å². The quantitative estimate of drug-likeness (QED) is 0.386.